The van der Waals surface area contributed by atoms with E-state index in [1.165, 1.54) is 12.8 Å². The molecule has 41 heavy (non-hydrogen) atoms. The maximum Gasteiger partial charge on any atom is 0.321 e. The third-order valence-corrected chi connectivity index (χ3v) is 8.68. The maximum absolute atomic E-state index is 12.8. The Balaban J connectivity index is 0.00000194. The maximum atomic E-state index is 12.8. The summed E-state index contributed by atoms with van der Waals surface area (Å²) in [5.74, 6) is 1.43. The van der Waals surface area contributed by atoms with Gasteiger partial charge in [-0.3, -0.25) is 0 Å². The minimum Gasteiger partial charge on any atom is -0.365 e. The van der Waals surface area contributed by atoms with E-state index in [9.17, 15) is 4.79 Å². The summed E-state index contributed by atoms with van der Waals surface area (Å²) in [5.41, 5.74) is 8.54. The summed E-state index contributed by atoms with van der Waals surface area (Å²) in [6, 6.07) is 8.38. The number of urea groups is 1. The number of nitrogens with one attached hydrogen (secondary N) is 3. The standard InChI is InChI=1S/C28H38ClN9O.2ClH/c29-18-4-3-5-22(16-18)34-28(39)37-14-12-21(13-15-37)32-25-24-26(38(17-31-24)23-6-1-2-7-23)36-27(35-25)33-20-10-8-19(30)9-11-20;;/h3-5,16-17,19-21,23H,1-2,6-15,30H2,(H,34,39)(H2,32,33,35,36);2*1H. The molecule has 1 aliphatic heterocycles. The number of hydrogen-bond acceptors (Lipinski definition) is 7. The predicted octanol–water partition coefficient (Wildman–Crippen LogP) is 6.23. The van der Waals surface area contributed by atoms with Crippen molar-refractivity contribution in [2.24, 2.45) is 5.73 Å². The summed E-state index contributed by atoms with van der Waals surface area (Å²) in [4.78, 5) is 29.3. The van der Waals surface area contributed by atoms with Crippen molar-refractivity contribution in [2.75, 3.05) is 29.0 Å². The van der Waals surface area contributed by atoms with Crippen LogP contribution in [0.25, 0.3) is 11.2 Å². The number of hydrogen-bond donors (Lipinski definition) is 4. The van der Waals surface area contributed by atoms with Gasteiger partial charge in [-0.2, -0.15) is 9.97 Å². The van der Waals surface area contributed by atoms with Crippen LogP contribution in [0.15, 0.2) is 30.6 Å². The molecule has 2 saturated carbocycles. The first kappa shape index (κ1) is 31.4. The molecule has 0 bridgehead atoms. The van der Waals surface area contributed by atoms with Crippen molar-refractivity contribution < 1.29 is 4.79 Å². The van der Waals surface area contributed by atoms with Crippen molar-refractivity contribution in [3.8, 4) is 0 Å². The van der Waals surface area contributed by atoms with E-state index >= 15 is 0 Å². The minimum atomic E-state index is -0.103. The van der Waals surface area contributed by atoms with Gasteiger partial charge in [0.05, 0.1) is 6.33 Å². The van der Waals surface area contributed by atoms with Crippen LogP contribution in [0.3, 0.4) is 0 Å². The minimum absolute atomic E-state index is 0. The van der Waals surface area contributed by atoms with Gasteiger partial charge in [0.1, 0.15) is 0 Å². The molecule has 2 aliphatic carbocycles. The molecular formula is C28H40Cl3N9O. The first-order valence-corrected chi connectivity index (χ1v) is 14.7. The zero-order chi connectivity index (χ0) is 26.8. The van der Waals surface area contributed by atoms with Gasteiger partial charge in [0, 0.05) is 48.0 Å². The number of amides is 2. The van der Waals surface area contributed by atoms with E-state index < -0.39 is 0 Å². The molecule has 1 aromatic carbocycles. The fourth-order valence-electron chi connectivity index (χ4n) is 6.17. The molecule has 0 spiro atoms. The van der Waals surface area contributed by atoms with Crippen LogP contribution in [0.4, 0.5) is 22.2 Å². The van der Waals surface area contributed by atoms with Crippen LogP contribution in [0.2, 0.25) is 5.02 Å². The van der Waals surface area contributed by atoms with Crippen molar-refractivity contribution in [1.29, 1.82) is 0 Å². The summed E-state index contributed by atoms with van der Waals surface area (Å²) in [5, 5.41) is 10.8. The monoisotopic (exact) mass is 623 g/mol. The van der Waals surface area contributed by atoms with Crippen LogP contribution in [0, 0.1) is 0 Å². The fraction of sp³-hybridized carbons (Fsp3) is 0.571. The molecule has 6 rings (SSSR count). The van der Waals surface area contributed by atoms with Gasteiger partial charge >= 0.3 is 6.03 Å². The van der Waals surface area contributed by atoms with Gasteiger partial charge in [0.2, 0.25) is 5.95 Å². The van der Waals surface area contributed by atoms with Gasteiger partial charge in [0.25, 0.3) is 0 Å². The number of carbonyl (C=O) groups excluding carboxylic acids is 1. The van der Waals surface area contributed by atoms with Gasteiger partial charge in [-0.05, 0) is 69.6 Å². The molecule has 0 atom stereocenters. The molecule has 2 amide bonds. The number of benzene rings is 1. The van der Waals surface area contributed by atoms with Gasteiger partial charge in [0.15, 0.2) is 17.0 Å². The highest BCUT2D eigenvalue weighted by molar-refractivity contribution is 6.30. The largest absolute Gasteiger partial charge is 0.365 e. The molecule has 3 heterocycles. The quantitative estimate of drug-likeness (QED) is 0.256. The summed E-state index contributed by atoms with van der Waals surface area (Å²) in [6.45, 7) is 1.31. The Kier molecular flexibility index (Phi) is 10.8. The van der Waals surface area contributed by atoms with Crippen LogP contribution >= 0.6 is 36.4 Å². The SMILES string of the molecule is Cl.Cl.NC1CCC(Nc2nc(NC3CCN(C(=O)Nc4cccc(Cl)c4)CC3)c3ncn(C4CCCC4)c3n2)CC1. The first-order chi connectivity index (χ1) is 19.0. The average molecular weight is 625 g/mol. The van der Waals surface area contributed by atoms with Crippen molar-refractivity contribution in [3.63, 3.8) is 0 Å². The molecule has 0 unspecified atom stereocenters. The third-order valence-electron chi connectivity index (χ3n) is 8.44. The van der Waals surface area contributed by atoms with E-state index in [-0.39, 0.29) is 36.9 Å². The zero-order valence-electron chi connectivity index (χ0n) is 23.1. The lowest BCUT2D eigenvalue weighted by Gasteiger charge is -2.32. The molecule has 5 N–H and O–H groups in total. The molecule has 3 aliphatic rings. The van der Waals surface area contributed by atoms with Crippen LogP contribution in [-0.2, 0) is 0 Å². The van der Waals surface area contributed by atoms with E-state index in [1.54, 1.807) is 12.1 Å². The molecule has 224 valence electrons. The van der Waals surface area contributed by atoms with Crippen molar-refractivity contribution in [2.45, 2.75) is 88.4 Å². The van der Waals surface area contributed by atoms with Crippen LogP contribution in [-0.4, -0.2) is 61.7 Å². The average Bonchev–Trinajstić information content (AvgIpc) is 3.61. The van der Waals surface area contributed by atoms with Gasteiger partial charge in [-0.1, -0.05) is 30.5 Å². The van der Waals surface area contributed by atoms with E-state index in [2.05, 4.69) is 20.5 Å². The van der Waals surface area contributed by atoms with E-state index in [0.29, 0.717) is 47.9 Å². The molecule has 13 heteroatoms. The second-order valence-corrected chi connectivity index (χ2v) is 11.7. The normalized spacial score (nSPS) is 21.7. The molecule has 1 saturated heterocycles. The van der Waals surface area contributed by atoms with E-state index in [4.69, 9.17) is 32.3 Å². The number of nitrogens with zero attached hydrogens (tertiary/aromatic N) is 5. The van der Waals surface area contributed by atoms with Crippen molar-refractivity contribution in [3.05, 3.63) is 35.6 Å². The molecular weight excluding hydrogens is 585 g/mol. The fourth-order valence-corrected chi connectivity index (χ4v) is 6.36. The molecule has 2 aromatic heterocycles. The lowest BCUT2D eigenvalue weighted by Crippen LogP contribution is -2.44. The summed E-state index contributed by atoms with van der Waals surface area (Å²) in [7, 11) is 0. The van der Waals surface area contributed by atoms with Crippen LogP contribution in [0.5, 0.6) is 0 Å². The topological polar surface area (TPSA) is 126 Å². The molecule has 3 fully saturated rings. The zero-order valence-corrected chi connectivity index (χ0v) is 25.5. The Morgan fingerprint density at radius 2 is 1.63 bits per heavy atom. The van der Waals surface area contributed by atoms with Gasteiger partial charge < -0.3 is 31.2 Å². The Morgan fingerprint density at radius 1 is 0.927 bits per heavy atom. The van der Waals surface area contributed by atoms with Crippen LogP contribution < -0.4 is 21.7 Å². The number of fused-ring (bicyclic) bond motifs is 1. The van der Waals surface area contributed by atoms with Crippen molar-refractivity contribution >= 4 is 71.1 Å². The third kappa shape index (κ3) is 7.46. The van der Waals surface area contributed by atoms with Crippen molar-refractivity contribution in [1.82, 2.24) is 24.4 Å². The van der Waals surface area contributed by atoms with E-state index in [0.717, 1.165) is 68.3 Å². The van der Waals surface area contributed by atoms with E-state index in [1.807, 2.05) is 23.4 Å². The lowest BCUT2D eigenvalue weighted by molar-refractivity contribution is 0.197. The number of nitrogens with two attached hydrogens (primary N) is 1. The first-order valence-electron chi connectivity index (χ1n) is 14.4. The highest BCUT2D eigenvalue weighted by Crippen LogP contribution is 2.34. The lowest BCUT2D eigenvalue weighted by atomic mass is 9.92. The second kappa shape index (κ2) is 14.1. The molecule has 3 aromatic rings. The Hall–Kier alpha value is -2.53. The Labute approximate surface area is 258 Å². The highest BCUT2D eigenvalue weighted by atomic mass is 35.5. The number of rotatable bonds is 6. The Morgan fingerprint density at radius 3 is 2.34 bits per heavy atom. The predicted molar refractivity (Wildman–Crippen MR) is 170 cm³/mol. The number of halogens is 3. The Bertz CT molecular complexity index is 1300. The molecule has 10 nitrogen and oxygen atoms in total. The van der Waals surface area contributed by atoms with Gasteiger partial charge in [-0.25, -0.2) is 9.78 Å². The highest BCUT2D eigenvalue weighted by Gasteiger charge is 2.27. The number of carbonyl (C=O) groups is 1. The molecule has 0 radical (unpaired) electrons. The number of anilines is 3. The number of likely N-dealkylation sites (tertiary alicyclic amines) is 1. The summed E-state index contributed by atoms with van der Waals surface area (Å²) in [6.07, 6.45) is 12.5. The smallest absolute Gasteiger partial charge is 0.321 e. The van der Waals surface area contributed by atoms with Crippen LogP contribution in [0.1, 0.15) is 70.3 Å². The number of imidazole rings is 1. The summed E-state index contributed by atoms with van der Waals surface area (Å²) >= 11 is 6.06. The number of piperidine rings is 1. The number of aromatic nitrogens is 4. The summed E-state index contributed by atoms with van der Waals surface area (Å²) < 4.78 is 2.25. The van der Waals surface area contributed by atoms with Gasteiger partial charge in [-0.15, -0.1) is 24.8 Å². The second-order valence-electron chi connectivity index (χ2n) is 11.3.